The second kappa shape index (κ2) is 5.03. The van der Waals surface area contributed by atoms with Gasteiger partial charge in [-0.2, -0.15) is 5.26 Å². The van der Waals surface area contributed by atoms with Crippen LogP contribution in [0.4, 0.5) is 0 Å². The first-order chi connectivity index (χ1) is 7.58. The summed E-state index contributed by atoms with van der Waals surface area (Å²) in [6.07, 6.45) is -0.154. The summed E-state index contributed by atoms with van der Waals surface area (Å²) in [5, 5.41) is 27.4. The second-order valence-electron chi connectivity index (χ2n) is 3.09. The van der Waals surface area contributed by atoms with Crippen molar-refractivity contribution >= 4 is 5.97 Å². The van der Waals surface area contributed by atoms with Crippen molar-refractivity contribution in [2.24, 2.45) is 0 Å². The van der Waals surface area contributed by atoms with Gasteiger partial charge < -0.3 is 14.9 Å². The maximum Gasteiger partial charge on any atom is 0.310 e. The summed E-state index contributed by atoms with van der Waals surface area (Å²) >= 11 is 0. The molecular formula is C11H11NO4. The number of phenols is 2. The van der Waals surface area contributed by atoms with Crippen LogP contribution in [0.1, 0.15) is 18.1 Å². The Hall–Kier alpha value is -2.22. The number of rotatable bonds is 3. The number of carbonyl (C=O) groups excluding carboxylic acids is 1. The summed E-state index contributed by atoms with van der Waals surface area (Å²) < 4.78 is 4.71. The molecule has 0 atom stereocenters. The van der Waals surface area contributed by atoms with Gasteiger partial charge in [-0.15, -0.1) is 0 Å². The highest BCUT2D eigenvalue weighted by Crippen LogP contribution is 2.26. The van der Waals surface area contributed by atoms with Crippen LogP contribution in [-0.2, 0) is 16.0 Å². The molecule has 0 aliphatic rings. The number of phenolic OH excluding ortho intramolecular Hbond substituents is 2. The Bertz CT molecular complexity index is 448. The van der Waals surface area contributed by atoms with Crippen LogP contribution in [0, 0.1) is 11.3 Å². The van der Waals surface area contributed by atoms with Crippen molar-refractivity contribution in [3.8, 4) is 17.6 Å². The molecule has 0 aliphatic carbocycles. The van der Waals surface area contributed by atoms with E-state index in [9.17, 15) is 15.0 Å². The van der Waals surface area contributed by atoms with Crippen LogP contribution in [-0.4, -0.2) is 22.8 Å². The normalized spacial score (nSPS) is 9.50. The van der Waals surface area contributed by atoms with E-state index in [-0.39, 0.29) is 35.7 Å². The van der Waals surface area contributed by atoms with Crippen LogP contribution >= 0.6 is 0 Å². The van der Waals surface area contributed by atoms with Gasteiger partial charge >= 0.3 is 5.97 Å². The van der Waals surface area contributed by atoms with E-state index in [4.69, 9.17) is 10.00 Å². The van der Waals surface area contributed by atoms with Crippen LogP contribution in [0.15, 0.2) is 12.1 Å². The Morgan fingerprint density at radius 3 is 2.75 bits per heavy atom. The van der Waals surface area contributed by atoms with Crippen LogP contribution in [0.5, 0.6) is 11.5 Å². The fraction of sp³-hybridized carbons (Fsp3) is 0.273. The Kier molecular flexibility index (Phi) is 3.72. The van der Waals surface area contributed by atoms with Gasteiger partial charge in [0.05, 0.1) is 18.6 Å². The summed E-state index contributed by atoms with van der Waals surface area (Å²) in [6, 6.07) is 4.08. The molecule has 0 unspecified atom stereocenters. The smallest absolute Gasteiger partial charge is 0.310 e. The van der Waals surface area contributed by atoms with Crippen molar-refractivity contribution in [2.45, 2.75) is 13.3 Å². The molecular weight excluding hydrogens is 210 g/mol. The van der Waals surface area contributed by atoms with Gasteiger partial charge in [0.25, 0.3) is 0 Å². The fourth-order valence-corrected chi connectivity index (χ4v) is 1.31. The van der Waals surface area contributed by atoms with E-state index in [0.29, 0.717) is 0 Å². The first-order valence-electron chi connectivity index (χ1n) is 4.69. The maximum absolute atomic E-state index is 11.2. The molecule has 16 heavy (non-hydrogen) atoms. The van der Waals surface area contributed by atoms with E-state index in [1.54, 1.807) is 13.0 Å². The number of nitriles is 1. The monoisotopic (exact) mass is 221 g/mol. The molecule has 0 spiro atoms. The number of nitrogens with zero attached hydrogens (tertiary/aromatic N) is 1. The van der Waals surface area contributed by atoms with Crippen molar-refractivity contribution < 1.29 is 19.7 Å². The van der Waals surface area contributed by atoms with Crippen molar-refractivity contribution in [3.63, 3.8) is 0 Å². The van der Waals surface area contributed by atoms with E-state index >= 15 is 0 Å². The van der Waals surface area contributed by atoms with Crippen molar-refractivity contribution in [2.75, 3.05) is 6.61 Å². The number of hydrogen-bond donors (Lipinski definition) is 2. The largest absolute Gasteiger partial charge is 0.508 e. The molecule has 1 rings (SSSR count). The zero-order valence-corrected chi connectivity index (χ0v) is 8.73. The first kappa shape index (κ1) is 11.9. The highest BCUT2D eigenvalue weighted by molar-refractivity contribution is 5.74. The standard InChI is InChI=1S/C11H11NO4/c1-2-16-11(15)4-7-3-8(13)5-10(14)9(7)6-12/h3,5,13-14H,2,4H2,1H3. The summed E-state index contributed by atoms with van der Waals surface area (Å²) in [5.74, 6) is -1.05. The molecule has 5 heteroatoms. The van der Waals surface area contributed by atoms with Crippen LogP contribution in [0.25, 0.3) is 0 Å². The first-order valence-corrected chi connectivity index (χ1v) is 4.69. The Balaban J connectivity index is 3.04. The molecule has 2 N–H and O–H groups in total. The third-order valence-electron chi connectivity index (χ3n) is 1.94. The lowest BCUT2D eigenvalue weighted by atomic mass is 10.0. The molecule has 0 amide bonds. The van der Waals surface area contributed by atoms with Crippen LogP contribution in [0.2, 0.25) is 0 Å². The minimum Gasteiger partial charge on any atom is -0.508 e. The Labute approximate surface area is 92.5 Å². The third-order valence-corrected chi connectivity index (χ3v) is 1.94. The minimum atomic E-state index is -0.510. The summed E-state index contributed by atoms with van der Waals surface area (Å²) in [6.45, 7) is 1.91. The predicted octanol–water partition coefficient (Wildman–Crippen LogP) is 1.08. The quantitative estimate of drug-likeness (QED) is 0.745. The molecule has 1 aromatic rings. The Morgan fingerprint density at radius 2 is 2.19 bits per heavy atom. The lowest BCUT2D eigenvalue weighted by Gasteiger charge is -2.06. The second-order valence-corrected chi connectivity index (χ2v) is 3.09. The molecule has 0 heterocycles. The van der Waals surface area contributed by atoms with Crippen molar-refractivity contribution in [1.82, 2.24) is 0 Å². The van der Waals surface area contributed by atoms with Crippen molar-refractivity contribution in [1.29, 1.82) is 5.26 Å². The minimum absolute atomic E-state index is 0.0224. The van der Waals surface area contributed by atoms with Crippen LogP contribution in [0.3, 0.4) is 0 Å². The molecule has 5 nitrogen and oxygen atoms in total. The molecule has 1 aromatic carbocycles. The molecule has 0 aliphatic heterocycles. The van der Waals surface area contributed by atoms with Gasteiger partial charge in [-0.25, -0.2) is 0 Å². The third kappa shape index (κ3) is 2.64. The lowest BCUT2D eigenvalue weighted by molar-refractivity contribution is -0.142. The zero-order chi connectivity index (χ0) is 12.1. The number of carbonyl (C=O) groups is 1. The van der Waals surface area contributed by atoms with Crippen LogP contribution < -0.4 is 0 Å². The van der Waals surface area contributed by atoms with Crippen molar-refractivity contribution in [3.05, 3.63) is 23.3 Å². The summed E-state index contributed by atoms with van der Waals surface area (Å²) in [5.41, 5.74) is 0.226. The van der Waals surface area contributed by atoms with E-state index in [2.05, 4.69) is 0 Å². The highest BCUT2D eigenvalue weighted by atomic mass is 16.5. The number of esters is 1. The highest BCUT2D eigenvalue weighted by Gasteiger charge is 2.13. The predicted molar refractivity (Wildman–Crippen MR) is 54.8 cm³/mol. The SMILES string of the molecule is CCOC(=O)Cc1cc(O)cc(O)c1C#N. The fourth-order valence-electron chi connectivity index (χ4n) is 1.31. The molecule has 84 valence electrons. The maximum atomic E-state index is 11.2. The lowest BCUT2D eigenvalue weighted by Crippen LogP contribution is -2.08. The van der Waals surface area contributed by atoms with E-state index in [1.807, 2.05) is 0 Å². The van der Waals surface area contributed by atoms with Gasteiger partial charge in [-0.3, -0.25) is 4.79 Å². The van der Waals surface area contributed by atoms with Gasteiger partial charge in [0, 0.05) is 6.07 Å². The molecule has 0 saturated carbocycles. The molecule has 0 fully saturated rings. The van der Waals surface area contributed by atoms with E-state index < -0.39 is 5.97 Å². The molecule has 0 saturated heterocycles. The van der Waals surface area contributed by atoms with Gasteiger partial charge in [0.1, 0.15) is 17.6 Å². The molecule has 0 bridgehead atoms. The van der Waals surface area contributed by atoms with Gasteiger partial charge in [0.15, 0.2) is 0 Å². The molecule has 0 aromatic heterocycles. The number of ether oxygens (including phenoxy) is 1. The van der Waals surface area contributed by atoms with Gasteiger partial charge in [0.2, 0.25) is 0 Å². The van der Waals surface area contributed by atoms with Gasteiger partial charge in [-0.1, -0.05) is 0 Å². The number of aromatic hydroxyl groups is 2. The Morgan fingerprint density at radius 1 is 1.50 bits per heavy atom. The summed E-state index contributed by atoms with van der Waals surface area (Å²) in [7, 11) is 0. The molecule has 0 radical (unpaired) electrons. The average Bonchev–Trinajstić information content (AvgIpc) is 2.17. The average molecular weight is 221 g/mol. The van der Waals surface area contributed by atoms with E-state index in [1.165, 1.54) is 6.07 Å². The number of hydrogen-bond acceptors (Lipinski definition) is 5. The van der Waals surface area contributed by atoms with E-state index in [0.717, 1.165) is 6.07 Å². The van der Waals surface area contributed by atoms with Gasteiger partial charge in [-0.05, 0) is 18.6 Å². The summed E-state index contributed by atoms with van der Waals surface area (Å²) in [4.78, 5) is 11.2. The zero-order valence-electron chi connectivity index (χ0n) is 8.73. The number of benzene rings is 1. The topological polar surface area (TPSA) is 90.6 Å².